The van der Waals surface area contributed by atoms with Gasteiger partial charge in [0.2, 0.25) is 0 Å². The molecule has 1 heterocycles. The Morgan fingerprint density at radius 3 is 2.84 bits per heavy atom. The van der Waals surface area contributed by atoms with Crippen LogP contribution in [0.2, 0.25) is 0 Å². The second-order valence-corrected chi connectivity index (χ2v) is 4.39. The van der Waals surface area contributed by atoms with Crippen molar-refractivity contribution in [3.63, 3.8) is 0 Å². The van der Waals surface area contributed by atoms with Gasteiger partial charge in [-0.25, -0.2) is 4.39 Å². The highest BCUT2D eigenvalue weighted by Gasteiger charge is 2.05. The molecule has 1 aromatic heterocycles. The molecule has 0 atom stereocenters. The normalized spacial score (nSPS) is 10.9. The minimum atomic E-state index is -0.215. The van der Waals surface area contributed by atoms with Gasteiger partial charge in [-0.05, 0) is 36.9 Å². The van der Waals surface area contributed by atoms with E-state index in [1.807, 2.05) is 18.2 Å². The van der Waals surface area contributed by atoms with Gasteiger partial charge in [0.15, 0.2) is 0 Å². The molecule has 2 rings (SSSR count). The maximum absolute atomic E-state index is 13.0. The van der Waals surface area contributed by atoms with Gasteiger partial charge in [0.05, 0.1) is 12.8 Å². The van der Waals surface area contributed by atoms with Gasteiger partial charge in [-0.3, -0.25) is 4.90 Å². The number of benzene rings is 1. The second-order valence-electron chi connectivity index (χ2n) is 4.39. The third-order valence-corrected chi connectivity index (χ3v) is 2.99. The summed E-state index contributed by atoms with van der Waals surface area (Å²) in [6.45, 7) is 5.52. The van der Waals surface area contributed by atoms with E-state index in [0.717, 1.165) is 37.6 Å². The lowest BCUT2D eigenvalue weighted by Crippen LogP contribution is -2.28. The molecule has 0 unspecified atom stereocenters. The summed E-state index contributed by atoms with van der Waals surface area (Å²) >= 11 is 0. The van der Waals surface area contributed by atoms with Crippen LogP contribution < -0.4 is 5.32 Å². The first-order chi connectivity index (χ1) is 9.28. The quantitative estimate of drug-likeness (QED) is 0.829. The molecule has 0 saturated heterocycles. The molecule has 1 N–H and O–H groups in total. The predicted octanol–water partition coefficient (Wildman–Crippen LogP) is 3.35. The van der Waals surface area contributed by atoms with Crippen molar-refractivity contribution in [3.8, 4) is 0 Å². The molecule has 0 aliphatic heterocycles. The first kappa shape index (κ1) is 13.6. The van der Waals surface area contributed by atoms with Crippen LogP contribution >= 0.6 is 0 Å². The number of likely N-dealkylation sites (N-methyl/N-ethyl adjacent to an activating group) is 1. The maximum atomic E-state index is 13.0. The molecule has 0 radical (unpaired) electrons. The van der Waals surface area contributed by atoms with Crippen LogP contribution in [0, 0.1) is 5.82 Å². The van der Waals surface area contributed by atoms with Gasteiger partial charge >= 0.3 is 0 Å². The summed E-state index contributed by atoms with van der Waals surface area (Å²) in [6, 6.07) is 10.4. The maximum Gasteiger partial charge on any atom is 0.125 e. The molecule has 0 aliphatic rings. The van der Waals surface area contributed by atoms with Crippen LogP contribution in [-0.4, -0.2) is 24.5 Å². The Bertz CT molecular complexity index is 485. The highest BCUT2D eigenvalue weighted by Crippen LogP contribution is 2.09. The van der Waals surface area contributed by atoms with Crippen molar-refractivity contribution in [2.45, 2.75) is 13.5 Å². The Morgan fingerprint density at radius 1 is 1.26 bits per heavy atom. The summed E-state index contributed by atoms with van der Waals surface area (Å²) in [5.74, 6) is 0.750. The van der Waals surface area contributed by atoms with Crippen LogP contribution in [0.25, 0.3) is 0 Å². The van der Waals surface area contributed by atoms with Gasteiger partial charge < -0.3 is 9.73 Å². The van der Waals surface area contributed by atoms with E-state index in [2.05, 4.69) is 17.1 Å². The molecule has 0 aliphatic carbocycles. The van der Waals surface area contributed by atoms with Crippen molar-refractivity contribution in [2.75, 3.05) is 25.0 Å². The minimum absolute atomic E-state index is 0.215. The largest absolute Gasteiger partial charge is 0.468 e. The standard InChI is InChI=1S/C15H19FN2O/c1-2-18(12-15-7-4-10-19-15)9-8-17-14-6-3-5-13(16)11-14/h3-7,10-11,17H,2,8-9,12H2,1H3. The highest BCUT2D eigenvalue weighted by atomic mass is 19.1. The third-order valence-electron chi connectivity index (χ3n) is 2.99. The number of anilines is 1. The molecule has 102 valence electrons. The van der Waals surface area contributed by atoms with E-state index in [-0.39, 0.29) is 5.82 Å². The van der Waals surface area contributed by atoms with Gasteiger partial charge in [0, 0.05) is 18.8 Å². The smallest absolute Gasteiger partial charge is 0.125 e. The zero-order chi connectivity index (χ0) is 13.5. The fourth-order valence-corrected chi connectivity index (χ4v) is 1.93. The molecule has 2 aromatic rings. The zero-order valence-corrected chi connectivity index (χ0v) is 11.1. The SMILES string of the molecule is CCN(CCNc1cccc(F)c1)Cc1ccco1. The van der Waals surface area contributed by atoms with E-state index in [1.165, 1.54) is 12.1 Å². The number of rotatable bonds is 7. The van der Waals surface area contributed by atoms with Gasteiger partial charge in [-0.15, -0.1) is 0 Å². The minimum Gasteiger partial charge on any atom is -0.468 e. The van der Waals surface area contributed by atoms with Crippen molar-refractivity contribution in [1.82, 2.24) is 4.90 Å². The monoisotopic (exact) mass is 262 g/mol. The number of hydrogen-bond acceptors (Lipinski definition) is 3. The van der Waals surface area contributed by atoms with E-state index < -0.39 is 0 Å². The molecule has 0 amide bonds. The molecule has 0 saturated carbocycles. The Balaban J connectivity index is 1.77. The van der Waals surface area contributed by atoms with Crippen molar-refractivity contribution in [3.05, 3.63) is 54.2 Å². The molecular weight excluding hydrogens is 243 g/mol. The van der Waals surface area contributed by atoms with Gasteiger partial charge in [-0.2, -0.15) is 0 Å². The predicted molar refractivity (Wildman–Crippen MR) is 74.5 cm³/mol. The van der Waals surface area contributed by atoms with E-state index in [0.29, 0.717) is 0 Å². The van der Waals surface area contributed by atoms with E-state index in [9.17, 15) is 4.39 Å². The number of nitrogens with zero attached hydrogens (tertiary/aromatic N) is 1. The molecule has 1 aromatic carbocycles. The van der Waals surface area contributed by atoms with Gasteiger partial charge in [0.25, 0.3) is 0 Å². The Kier molecular flexibility index (Phi) is 4.98. The molecular formula is C15H19FN2O. The first-order valence-electron chi connectivity index (χ1n) is 6.52. The molecule has 0 fully saturated rings. The fraction of sp³-hybridized carbons (Fsp3) is 0.333. The highest BCUT2D eigenvalue weighted by molar-refractivity contribution is 5.42. The Labute approximate surface area is 113 Å². The fourth-order valence-electron chi connectivity index (χ4n) is 1.93. The van der Waals surface area contributed by atoms with Crippen molar-refractivity contribution in [2.24, 2.45) is 0 Å². The summed E-state index contributed by atoms with van der Waals surface area (Å²) in [4.78, 5) is 2.27. The number of nitrogens with one attached hydrogen (secondary N) is 1. The lowest BCUT2D eigenvalue weighted by molar-refractivity contribution is 0.265. The summed E-state index contributed by atoms with van der Waals surface area (Å²) in [6.07, 6.45) is 1.69. The molecule has 0 bridgehead atoms. The molecule has 0 spiro atoms. The Hall–Kier alpha value is -1.81. The van der Waals surface area contributed by atoms with Gasteiger partial charge in [0.1, 0.15) is 11.6 Å². The van der Waals surface area contributed by atoms with E-state index in [4.69, 9.17) is 4.42 Å². The average Bonchev–Trinajstić information content (AvgIpc) is 2.90. The van der Waals surface area contributed by atoms with Crippen LogP contribution in [0.5, 0.6) is 0 Å². The van der Waals surface area contributed by atoms with Crippen LogP contribution in [-0.2, 0) is 6.54 Å². The van der Waals surface area contributed by atoms with E-state index in [1.54, 1.807) is 12.3 Å². The second kappa shape index (κ2) is 6.95. The van der Waals surface area contributed by atoms with Crippen molar-refractivity contribution in [1.29, 1.82) is 0 Å². The number of hydrogen-bond donors (Lipinski definition) is 1. The van der Waals surface area contributed by atoms with Crippen LogP contribution in [0.3, 0.4) is 0 Å². The number of furan rings is 1. The lowest BCUT2D eigenvalue weighted by Gasteiger charge is -2.19. The first-order valence-corrected chi connectivity index (χ1v) is 6.52. The van der Waals surface area contributed by atoms with Crippen LogP contribution in [0.4, 0.5) is 10.1 Å². The van der Waals surface area contributed by atoms with Crippen molar-refractivity contribution < 1.29 is 8.81 Å². The zero-order valence-electron chi connectivity index (χ0n) is 11.1. The molecule has 19 heavy (non-hydrogen) atoms. The molecule has 4 heteroatoms. The van der Waals surface area contributed by atoms with E-state index >= 15 is 0 Å². The third kappa shape index (κ3) is 4.41. The Morgan fingerprint density at radius 2 is 2.16 bits per heavy atom. The molecule has 3 nitrogen and oxygen atoms in total. The topological polar surface area (TPSA) is 28.4 Å². The average molecular weight is 262 g/mol. The summed E-state index contributed by atoms with van der Waals surface area (Å²) in [5, 5.41) is 3.22. The number of halogens is 1. The summed E-state index contributed by atoms with van der Waals surface area (Å²) in [5.41, 5.74) is 0.814. The summed E-state index contributed by atoms with van der Waals surface area (Å²) in [7, 11) is 0. The summed E-state index contributed by atoms with van der Waals surface area (Å²) < 4.78 is 18.3. The van der Waals surface area contributed by atoms with Crippen molar-refractivity contribution >= 4 is 5.69 Å². The van der Waals surface area contributed by atoms with Crippen LogP contribution in [0.15, 0.2) is 47.1 Å². The lowest BCUT2D eigenvalue weighted by atomic mass is 10.3. The van der Waals surface area contributed by atoms with Gasteiger partial charge in [-0.1, -0.05) is 13.0 Å². The van der Waals surface area contributed by atoms with Crippen LogP contribution in [0.1, 0.15) is 12.7 Å².